The molecular formula is C17H13N3OS2. The number of phenolic OH excluding ortho intramolecular Hbond substituents is 1. The van der Waals surface area contributed by atoms with Gasteiger partial charge in [-0.2, -0.15) is 0 Å². The Labute approximate surface area is 141 Å². The van der Waals surface area contributed by atoms with Crippen LogP contribution in [-0.2, 0) is 0 Å². The van der Waals surface area contributed by atoms with Crippen LogP contribution in [0.15, 0.2) is 48.1 Å². The third-order valence-corrected chi connectivity index (χ3v) is 5.77. The van der Waals surface area contributed by atoms with Crippen molar-refractivity contribution in [3.63, 3.8) is 0 Å². The Morgan fingerprint density at radius 1 is 1.09 bits per heavy atom. The second-order valence-electron chi connectivity index (χ2n) is 5.21. The average Bonchev–Trinajstić information content (AvgIpc) is 3.14. The van der Waals surface area contributed by atoms with Crippen LogP contribution in [0.1, 0.15) is 5.56 Å². The summed E-state index contributed by atoms with van der Waals surface area (Å²) in [5, 5.41) is 15.0. The maximum atomic E-state index is 9.59. The second-order valence-corrected chi connectivity index (χ2v) is 7.17. The third kappa shape index (κ3) is 2.78. The number of nitrogens with one attached hydrogen (secondary N) is 1. The minimum absolute atomic E-state index is 0.223. The molecule has 114 valence electrons. The zero-order chi connectivity index (χ0) is 15.8. The number of phenols is 1. The van der Waals surface area contributed by atoms with Gasteiger partial charge in [0, 0.05) is 21.5 Å². The minimum Gasteiger partial charge on any atom is -0.508 e. The van der Waals surface area contributed by atoms with Crippen molar-refractivity contribution in [2.45, 2.75) is 6.92 Å². The van der Waals surface area contributed by atoms with Crippen molar-refractivity contribution in [2.24, 2.45) is 0 Å². The molecule has 4 aromatic rings. The SMILES string of the molecule is Cc1csc(-c2cc3ncnc(Nc4cccc(O)c4)c3s2)c1. The fourth-order valence-corrected chi connectivity index (χ4v) is 4.39. The van der Waals surface area contributed by atoms with Gasteiger partial charge in [0.1, 0.15) is 12.1 Å². The topological polar surface area (TPSA) is 58.0 Å². The van der Waals surface area contributed by atoms with Gasteiger partial charge in [-0.25, -0.2) is 9.97 Å². The summed E-state index contributed by atoms with van der Waals surface area (Å²) in [5.41, 5.74) is 2.99. The number of thiophene rings is 2. The summed E-state index contributed by atoms with van der Waals surface area (Å²) >= 11 is 3.41. The van der Waals surface area contributed by atoms with Crippen LogP contribution in [0.2, 0.25) is 0 Å². The molecule has 4 nitrogen and oxygen atoms in total. The number of hydrogen-bond donors (Lipinski definition) is 2. The Balaban J connectivity index is 1.77. The molecule has 0 saturated heterocycles. The molecule has 1 aromatic carbocycles. The van der Waals surface area contributed by atoms with Gasteiger partial charge in [0.2, 0.25) is 0 Å². The Morgan fingerprint density at radius 2 is 2.00 bits per heavy atom. The van der Waals surface area contributed by atoms with Crippen LogP contribution in [0.4, 0.5) is 11.5 Å². The molecular weight excluding hydrogens is 326 g/mol. The molecule has 0 aliphatic heterocycles. The lowest BCUT2D eigenvalue weighted by atomic mass is 10.3. The van der Waals surface area contributed by atoms with Crippen LogP contribution in [0.3, 0.4) is 0 Å². The Morgan fingerprint density at radius 3 is 2.78 bits per heavy atom. The molecule has 2 N–H and O–H groups in total. The molecule has 0 radical (unpaired) electrons. The summed E-state index contributed by atoms with van der Waals surface area (Å²) in [6, 6.07) is 11.3. The van der Waals surface area contributed by atoms with Crippen molar-refractivity contribution in [1.82, 2.24) is 9.97 Å². The first-order chi connectivity index (χ1) is 11.2. The fourth-order valence-electron chi connectivity index (χ4n) is 2.35. The summed E-state index contributed by atoms with van der Waals surface area (Å²) in [4.78, 5) is 11.2. The molecule has 0 spiro atoms. The first-order valence-electron chi connectivity index (χ1n) is 7.05. The van der Waals surface area contributed by atoms with E-state index in [0.717, 1.165) is 21.7 Å². The number of aryl methyl sites for hydroxylation is 1. The number of hydrogen-bond acceptors (Lipinski definition) is 6. The average molecular weight is 339 g/mol. The van der Waals surface area contributed by atoms with Gasteiger partial charge in [-0.15, -0.1) is 22.7 Å². The number of rotatable bonds is 3. The van der Waals surface area contributed by atoms with E-state index >= 15 is 0 Å². The van der Waals surface area contributed by atoms with Crippen LogP contribution in [-0.4, -0.2) is 15.1 Å². The summed E-state index contributed by atoms with van der Waals surface area (Å²) in [6.45, 7) is 2.10. The van der Waals surface area contributed by atoms with Crippen LogP contribution < -0.4 is 5.32 Å². The van der Waals surface area contributed by atoms with E-state index in [1.165, 1.54) is 15.3 Å². The molecule has 0 aliphatic carbocycles. The van der Waals surface area contributed by atoms with Crippen molar-refractivity contribution in [3.05, 3.63) is 53.7 Å². The zero-order valence-corrected chi connectivity index (χ0v) is 13.9. The van der Waals surface area contributed by atoms with E-state index in [9.17, 15) is 5.11 Å². The summed E-state index contributed by atoms with van der Waals surface area (Å²) < 4.78 is 1.01. The van der Waals surface area contributed by atoms with Crippen LogP contribution in [0.5, 0.6) is 5.75 Å². The van der Waals surface area contributed by atoms with Gasteiger partial charge < -0.3 is 10.4 Å². The van der Waals surface area contributed by atoms with E-state index < -0.39 is 0 Å². The number of anilines is 2. The van der Waals surface area contributed by atoms with Crippen LogP contribution in [0.25, 0.3) is 20.0 Å². The highest BCUT2D eigenvalue weighted by atomic mass is 32.1. The van der Waals surface area contributed by atoms with Gasteiger partial charge in [-0.1, -0.05) is 6.07 Å². The smallest absolute Gasteiger partial charge is 0.151 e. The summed E-state index contributed by atoms with van der Waals surface area (Å²) in [5.74, 6) is 0.978. The fraction of sp³-hybridized carbons (Fsp3) is 0.0588. The predicted octanol–water partition coefficient (Wildman–Crippen LogP) is 5.18. The second kappa shape index (κ2) is 5.64. The van der Waals surface area contributed by atoms with E-state index in [2.05, 4.69) is 39.7 Å². The monoisotopic (exact) mass is 339 g/mol. The van der Waals surface area contributed by atoms with Gasteiger partial charge in [0.25, 0.3) is 0 Å². The maximum Gasteiger partial charge on any atom is 0.151 e. The number of nitrogens with zero attached hydrogens (tertiary/aromatic N) is 2. The van der Waals surface area contributed by atoms with Gasteiger partial charge in [-0.3, -0.25) is 0 Å². The summed E-state index contributed by atoms with van der Waals surface area (Å²) in [7, 11) is 0. The maximum absolute atomic E-state index is 9.59. The van der Waals surface area contributed by atoms with Crippen molar-refractivity contribution < 1.29 is 5.11 Å². The van der Waals surface area contributed by atoms with E-state index in [1.807, 2.05) is 6.07 Å². The molecule has 0 fully saturated rings. The van der Waals surface area contributed by atoms with Gasteiger partial charge >= 0.3 is 0 Å². The molecule has 0 amide bonds. The number of aromatic nitrogens is 2. The highest BCUT2D eigenvalue weighted by Crippen LogP contribution is 2.38. The van der Waals surface area contributed by atoms with Crippen LogP contribution >= 0.6 is 22.7 Å². The Kier molecular flexibility index (Phi) is 3.48. The lowest BCUT2D eigenvalue weighted by molar-refractivity contribution is 0.475. The van der Waals surface area contributed by atoms with E-state index in [1.54, 1.807) is 47.2 Å². The lowest BCUT2D eigenvalue weighted by Crippen LogP contribution is -1.93. The standard InChI is InChI=1S/C17H13N3OS2/c1-10-5-14(22-8-10)15-7-13-16(23-15)17(19-9-18-13)20-11-3-2-4-12(21)6-11/h2-9,21H,1H3,(H,18,19,20). The van der Waals surface area contributed by atoms with E-state index in [-0.39, 0.29) is 5.75 Å². The molecule has 6 heteroatoms. The van der Waals surface area contributed by atoms with Gasteiger partial charge in [-0.05, 0) is 42.1 Å². The van der Waals surface area contributed by atoms with E-state index in [0.29, 0.717) is 0 Å². The molecule has 0 unspecified atom stereocenters. The molecule has 3 heterocycles. The lowest BCUT2D eigenvalue weighted by Gasteiger charge is -2.06. The normalized spacial score (nSPS) is 11.0. The molecule has 0 bridgehead atoms. The highest BCUT2D eigenvalue weighted by molar-refractivity contribution is 7.26. The quantitative estimate of drug-likeness (QED) is 0.540. The number of fused-ring (bicyclic) bond motifs is 1. The minimum atomic E-state index is 0.223. The molecule has 0 aliphatic rings. The molecule has 4 rings (SSSR count). The predicted molar refractivity (Wildman–Crippen MR) is 96.9 cm³/mol. The molecule has 23 heavy (non-hydrogen) atoms. The molecule has 0 saturated carbocycles. The number of aromatic hydroxyl groups is 1. The third-order valence-electron chi connectivity index (χ3n) is 3.39. The molecule has 0 atom stereocenters. The largest absolute Gasteiger partial charge is 0.508 e. The van der Waals surface area contributed by atoms with Gasteiger partial charge in [0.15, 0.2) is 5.82 Å². The van der Waals surface area contributed by atoms with Crippen molar-refractivity contribution in [3.8, 4) is 15.5 Å². The molecule has 3 aromatic heterocycles. The van der Waals surface area contributed by atoms with Gasteiger partial charge in [0.05, 0.1) is 10.2 Å². The van der Waals surface area contributed by atoms with Crippen molar-refractivity contribution in [1.29, 1.82) is 0 Å². The van der Waals surface area contributed by atoms with Crippen molar-refractivity contribution in [2.75, 3.05) is 5.32 Å². The van der Waals surface area contributed by atoms with Crippen molar-refractivity contribution >= 4 is 44.4 Å². The highest BCUT2D eigenvalue weighted by Gasteiger charge is 2.11. The van der Waals surface area contributed by atoms with E-state index in [4.69, 9.17) is 0 Å². The Bertz CT molecular complexity index is 990. The first kappa shape index (κ1) is 14.2. The number of benzene rings is 1. The zero-order valence-electron chi connectivity index (χ0n) is 12.3. The Hall–Kier alpha value is -2.44. The van der Waals surface area contributed by atoms with Crippen LogP contribution in [0, 0.1) is 6.92 Å². The first-order valence-corrected chi connectivity index (χ1v) is 8.75. The summed E-state index contributed by atoms with van der Waals surface area (Å²) in [6.07, 6.45) is 1.56.